The lowest BCUT2D eigenvalue weighted by Gasteiger charge is -2.16. The van der Waals surface area contributed by atoms with E-state index < -0.39 is 4.92 Å². The minimum absolute atomic E-state index is 0.0370. The van der Waals surface area contributed by atoms with Gasteiger partial charge in [-0.25, -0.2) is 0 Å². The van der Waals surface area contributed by atoms with Crippen LogP contribution >= 0.6 is 0 Å². The van der Waals surface area contributed by atoms with Crippen LogP contribution in [0.3, 0.4) is 0 Å². The molecule has 2 aromatic heterocycles. The lowest BCUT2D eigenvalue weighted by Crippen LogP contribution is -2.30. The van der Waals surface area contributed by atoms with Gasteiger partial charge in [0.05, 0.1) is 17.2 Å². The van der Waals surface area contributed by atoms with Crippen LogP contribution < -0.4 is 0 Å². The zero-order valence-corrected chi connectivity index (χ0v) is 12.8. The maximum Gasteiger partial charge on any atom is 0.309 e. The van der Waals surface area contributed by atoms with Crippen LogP contribution in [0.1, 0.15) is 18.3 Å². The maximum atomic E-state index is 12.2. The molecule has 0 atom stereocenters. The molecule has 118 valence electrons. The van der Waals surface area contributed by atoms with Gasteiger partial charge >= 0.3 is 5.69 Å². The fraction of sp³-hybridized carbons (Fsp3) is 0.462. The Labute approximate surface area is 127 Å². The molecule has 2 rings (SSSR count). The summed E-state index contributed by atoms with van der Waals surface area (Å²) < 4.78 is 3.12. The van der Waals surface area contributed by atoms with E-state index in [1.54, 1.807) is 18.7 Å². The number of aryl methyl sites for hydroxylation is 1. The number of hydrogen-bond donors (Lipinski definition) is 0. The van der Waals surface area contributed by atoms with Crippen molar-refractivity contribution in [3.63, 3.8) is 0 Å². The first-order valence-corrected chi connectivity index (χ1v) is 6.85. The highest BCUT2D eigenvalue weighted by molar-refractivity contribution is 5.75. The van der Waals surface area contributed by atoms with Crippen LogP contribution in [0.15, 0.2) is 18.5 Å². The summed E-state index contributed by atoms with van der Waals surface area (Å²) in [5, 5.41) is 19.0. The van der Waals surface area contributed by atoms with Crippen molar-refractivity contribution >= 4 is 11.6 Å². The molecule has 0 aliphatic carbocycles. The Bertz CT molecular complexity index is 690. The number of carbonyl (C=O) groups is 1. The normalized spacial score (nSPS) is 10.7. The molecule has 0 bridgehead atoms. The number of hydrogen-bond acceptors (Lipinski definition) is 5. The Morgan fingerprint density at radius 2 is 2.23 bits per heavy atom. The molecule has 2 aromatic rings. The summed E-state index contributed by atoms with van der Waals surface area (Å²) in [6, 6.07) is 1.86. The number of aromatic nitrogens is 4. The summed E-state index contributed by atoms with van der Waals surface area (Å²) in [5.74, 6) is -0.188. The SMILES string of the molecule is CCn1ccc(CN(C)C(=O)Cn2ncc([N+](=O)[O-])c2C)n1. The van der Waals surface area contributed by atoms with Crippen molar-refractivity contribution in [2.45, 2.75) is 33.5 Å². The standard InChI is InChI=1S/C13H18N6O3/c1-4-17-6-5-11(15-17)8-16(3)13(20)9-18-10(2)12(7-14-18)19(21)22/h5-7H,4,8-9H2,1-3H3. The van der Waals surface area contributed by atoms with E-state index in [2.05, 4.69) is 10.2 Å². The van der Waals surface area contributed by atoms with Gasteiger partial charge in [0.2, 0.25) is 5.91 Å². The predicted molar refractivity (Wildman–Crippen MR) is 78.0 cm³/mol. The van der Waals surface area contributed by atoms with Crippen molar-refractivity contribution < 1.29 is 9.72 Å². The molecule has 0 aliphatic rings. The highest BCUT2D eigenvalue weighted by Gasteiger charge is 2.19. The van der Waals surface area contributed by atoms with Gasteiger partial charge in [-0.3, -0.25) is 24.3 Å². The number of nitro groups is 1. The highest BCUT2D eigenvalue weighted by atomic mass is 16.6. The number of rotatable bonds is 6. The molecular formula is C13H18N6O3. The number of nitrogens with zero attached hydrogens (tertiary/aromatic N) is 6. The quantitative estimate of drug-likeness (QED) is 0.585. The molecule has 2 heterocycles. The zero-order chi connectivity index (χ0) is 16.3. The molecule has 0 unspecified atom stereocenters. The molecule has 0 saturated heterocycles. The molecule has 0 spiro atoms. The maximum absolute atomic E-state index is 12.2. The Morgan fingerprint density at radius 3 is 2.77 bits per heavy atom. The first kappa shape index (κ1) is 15.7. The fourth-order valence-electron chi connectivity index (χ4n) is 2.02. The van der Waals surface area contributed by atoms with E-state index in [0.717, 1.165) is 18.4 Å². The van der Waals surface area contributed by atoms with Gasteiger partial charge in [-0.1, -0.05) is 0 Å². The molecular weight excluding hydrogens is 288 g/mol. The third-order valence-corrected chi connectivity index (χ3v) is 3.40. The van der Waals surface area contributed by atoms with E-state index in [1.807, 2.05) is 19.2 Å². The molecule has 0 aliphatic heterocycles. The lowest BCUT2D eigenvalue weighted by atomic mass is 10.3. The van der Waals surface area contributed by atoms with Gasteiger partial charge in [0.1, 0.15) is 18.4 Å². The second-order valence-electron chi connectivity index (χ2n) is 4.94. The Kier molecular flexibility index (Phi) is 4.54. The molecule has 0 fully saturated rings. The van der Waals surface area contributed by atoms with Gasteiger partial charge in [-0.2, -0.15) is 10.2 Å². The van der Waals surface area contributed by atoms with Gasteiger partial charge in [0.15, 0.2) is 0 Å². The first-order valence-electron chi connectivity index (χ1n) is 6.85. The number of amides is 1. The van der Waals surface area contributed by atoms with Crippen LogP contribution in [0.4, 0.5) is 5.69 Å². The Balaban J connectivity index is 2.00. The largest absolute Gasteiger partial charge is 0.338 e. The fourth-order valence-corrected chi connectivity index (χ4v) is 2.02. The van der Waals surface area contributed by atoms with E-state index >= 15 is 0 Å². The predicted octanol–water partition coefficient (Wildman–Crippen LogP) is 0.975. The van der Waals surface area contributed by atoms with Crippen molar-refractivity contribution in [1.82, 2.24) is 24.5 Å². The number of likely N-dealkylation sites (N-methyl/N-ethyl adjacent to an activating group) is 1. The summed E-state index contributed by atoms with van der Waals surface area (Å²) >= 11 is 0. The van der Waals surface area contributed by atoms with Crippen molar-refractivity contribution in [2.75, 3.05) is 7.05 Å². The average Bonchev–Trinajstić information content (AvgIpc) is 3.06. The van der Waals surface area contributed by atoms with Crippen LogP contribution in [0.2, 0.25) is 0 Å². The molecule has 0 saturated carbocycles. The minimum atomic E-state index is -0.510. The molecule has 22 heavy (non-hydrogen) atoms. The molecule has 1 amide bonds. The Hall–Kier alpha value is -2.71. The van der Waals surface area contributed by atoms with E-state index in [0.29, 0.717) is 12.2 Å². The average molecular weight is 306 g/mol. The smallest absolute Gasteiger partial charge is 0.309 e. The number of carbonyl (C=O) groups excluding carboxylic acids is 1. The summed E-state index contributed by atoms with van der Waals surface area (Å²) in [6.07, 6.45) is 3.01. The van der Waals surface area contributed by atoms with Crippen molar-refractivity contribution in [1.29, 1.82) is 0 Å². The molecule has 0 N–H and O–H groups in total. The second kappa shape index (κ2) is 6.37. The van der Waals surface area contributed by atoms with Gasteiger partial charge in [0, 0.05) is 19.8 Å². The van der Waals surface area contributed by atoms with Gasteiger partial charge < -0.3 is 4.90 Å². The molecule has 0 radical (unpaired) electrons. The summed E-state index contributed by atoms with van der Waals surface area (Å²) in [7, 11) is 1.67. The molecule has 9 heteroatoms. The van der Waals surface area contributed by atoms with E-state index in [-0.39, 0.29) is 18.1 Å². The van der Waals surface area contributed by atoms with Gasteiger partial charge in [0.25, 0.3) is 0 Å². The zero-order valence-electron chi connectivity index (χ0n) is 12.8. The van der Waals surface area contributed by atoms with E-state index in [1.165, 1.54) is 9.58 Å². The molecule has 9 nitrogen and oxygen atoms in total. The summed E-state index contributed by atoms with van der Waals surface area (Å²) in [6.45, 7) is 4.67. The van der Waals surface area contributed by atoms with Crippen LogP contribution in [0.25, 0.3) is 0 Å². The second-order valence-corrected chi connectivity index (χ2v) is 4.94. The topological polar surface area (TPSA) is 99.1 Å². The summed E-state index contributed by atoms with van der Waals surface area (Å²) in [5.41, 5.74) is 1.07. The summed E-state index contributed by atoms with van der Waals surface area (Å²) in [4.78, 5) is 24.0. The van der Waals surface area contributed by atoms with Crippen LogP contribution in [0, 0.1) is 17.0 Å². The highest BCUT2D eigenvalue weighted by Crippen LogP contribution is 2.16. The monoisotopic (exact) mass is 306 g/mol. The van der Waals surface area contributed by atoms with Crippen molar-refractivity contribution in [3.8, 4) is 0 Å². The van der Waals surface area contributed by atoms with E-state index in [4.69, 9.17) is 0 Å². The lowest BCUT2D eigenvalue weighted by molar-refractivity contribution is -0.385. The van der Waals surface area contributed by atoms with Gasteiger partial charge in [-0.05, 0) is 19.9 Å². The minimum Gasteiger partial charge on any atom is -0.338 e. The van der Waals surface area contributed by atoms with Crippen molar-refractivity contribution in [2.24, 2.45) is 0 Å². The third-order valence-electron chi connectivity index (χ3n) is 3.40. The van der Waals surface area contributed by atoms with Gasteiger partial charge in [-0.15, -0.1) is 0 Å². The van der Waals surface area contributed by atoms with Crippen LogP contribution in [0.5, 0.6) is 0 Å². The first-order chi connectivity index (χ1) is 10.4. The van der Waals surface area contributed by atoms with Crippen LogP contribution in [-0.4, -0.2) is 42.3 Å². The Morgan fingerprint density at radius 1 is 1.50 bits per heavy atom. The third kappa shape index (κ3) is 3.30. The van der Waals surface area contributed by atoms with Crippen LogP contribution in [-0.2, 0) is 24.4 Å². The van der Waals surface area contributed by atoms with E-state index in [9.17, 15) is 14.9 Å². The van der Waals surface area contributed by atoms with Crippen molar-refractivity contribution in [3.05, 3.63) is 40.0 Å². The molecule has 0 aromatic carbocycles.